The quantitative estimate of drug-likeness (QED) is 0.919. The predicted octanol–water partition coefficient (Wildman–Crippen LogP) is 3.48. The minimum absolute atomic E-state index is 0.329. The zero-order chi connectivity index (χ0) is 14.3. The van der Waals surface area contributed by atoms with Gasteiger partial charge < -0.3 is 10.0 Å². The van der Waals surface area contributed by atoms with E-state index in [0.717, 1.165) is 23.8 Å². The zero-order valence-corrected chi connectivity index (χ0v) is 12.3. The number of carbonyl (C=O) groups is 1. The minimum atomic E-state index is -0.899. The number of hydrogen-bond acceptors (Lipinski definition) is 4. The number of fused-ring (bicyclic) bond motifs is 1. The number of anilines is 2. The Labute approximate surface area is 121 Å². The number of aromatic carboxylic acids is 1. The van der Waals surface area contributed by atoms with E-state index in [2.05, 4.69) is 28.9 Å². The van der Waals surface area contributed by atoms with Crippen LogP contribution in [0.25, 0.3) is 0 Å². The Morgan fingerprint density at radius 3 is 2.90 bits per heavy atom. The van der Waals surface area contributed by atoms with E-state index in [1.54, 1.807) is 6.92 Å². The summed E-state index contributed by atoms with van der Waals surface area (Å²) in [4.78, 5) is 18.1. The summed E-state index contributed by atoms with van der Waals surface area (Å²) in [6.07, 6.45) is 1.06. The number of aryl methyl sites for hydroxylation is 1. The van der Waals surface area contributed by atoms with Crippen LogP contribution in [0.15, 0.2) is 24.3 Å². The summed E-state index contributed by atoms with van der Waals surface area (Å²) in [6, 6.07) is 8.28. The molecule has 1 unspecified atom stereocenters. The van der Waals surface area contributed by atoms with Crippen molar-refractivity contribution in [3.8, 4) is 0 Å². The molecule has 2 aromatic rings. The SMILES string of the molecule is Cc1nc(N2CC(C)Cc3ccccc32)sc1C(=O)O. The summed E-state index contributed by atoms with van der Waals surface area (Å²) in [5, 5.41) is 9.95. The molecular formula is C15H16N2O2S. The molecule has 0 aliphatic carbocycles. The first-order valence-corrected chi connectivity index (χ1v) is 7.44. The van der Waals surface area contributed by atoms with Gasteiger partial charge in [0.05, 0.1) is 5.69 Å². The van der Waals surface area contributed by atoms with Crippen LogP contribution in [0.4, 0.5) is 10.8 Å². The minimum Gasteiger partial charge on any atom is -0.477 e. The summed E-state index contributed by atoms with van der Waals surface area (Å²) in [5.74, 6) is -0.369. The lowest BCUT2D eigenvalue weighted by Gasteiger charge is -2.32. The van der Waals surface area contributed by atoms with E-state index in [1.807, 2.05) is 12.1 Å². The van der Waals surface area contributed by atoms with Crippen LogP contribution in [0.3, 0.4) is 0 Å². The second kappa shape index (κ2) is 4.90. The fourth-order valence-electron chi connectivity index (χ4n) is 2.67. The van der Waals surface area contributed by atoms with Gasteiger partial charge in [-0.1, -0.05) is 36.5 Å². The van der Waals surface area contributed by atoms with Gasteiger partial charge in [-0.2, -0.15) is 0 Å². The van der Waals surface area contributed by atoms with Crippen molar-refractivity contribution >= 4 is 28.1 Å². The van der Waals surface area contributed by atoms with Crippen LogP contribution < -0.4 is 4.90 Å². The van der Waals surface area contributed by atoms with E-state index in [0.29, 0.717) is 16.5 Å². The second-order valence-electron chi connectivity index (χ2n) is 5.26. The van der Waals surface area contributed by atoms with Gasteiger partial charge >= 0.3 is 5.97 Å². The van der Waals surface area contributed by atoms with Gasteiger partial charge in [0, 0.05) is 12.2 Å². The summed E-state index contributed by atoms with van der Waals surface area (Å²) < 4.78 is 0. The molecule has 1 aromatic carbocycles. The molecule has 0 spiro atoms. The molecule has 1 aromatic heterocycles. The van der Waals surface area contributed by atoms with Gasteiger partial charge in [0.15, 0.2) is 5.13 Å². The van der Waals surface area contributed by atoms with Gasteiger partial charge in [0.25, 0.3) is 0 Å². The first kappa shape index (κ1) is 13.1. The Kier molecular flexibility index (Phi) is 3.22. The maximum Gasteiger partial charge on any atom is 0.347 e. The standard InChI is InChI=1S/C15H16N2O2S/c1-9-7-11-5-3-4-6-12(11)17(8-9)15-16-10(2)13(20-15)14(18)19/h3-6,9H,7-8H2,1-2H3,(H,18,19). The van der Waals surface area contributed by atoms with Crippen molar-refractivity contribution in [3.05, 3.63) is 40.4 Å². The van der Waals surface area contributed by atoms with Crippen molar-refractivity contribution in [2.24, 2.45) is 5.92 Å². The molecule has 4 nitrogen and oxygen atoms in total. The van der Waals surface area contributed by atoms with Gasteiger partial charge in [-0.25, -0.2) is 9.78 Å². The zero-order valence-electron chi connectivity index (χ0n) is 11.5. The third kappa shape index (κ3) is 2.18. The Hall–Kier alpha value is -1.88. The number of carboxylic acid groups (broad SMARTS) is 1. The van der Waals surface area contributed by atoms with Crippen LogP contribution in [0, 0.1) is 12.8 Å². The molecular weight excluding hydrogens is 272 g/mol. The van der Waals surface area contributed by atoms with Crippen LogP contribution in [-0.2, 0) is 6.42 Å². The van der Waals surface area contributed by atoms with Gasteiger partial charge in [0.2, 0.25) is 0 Å². The molecule has 1 aliphatic rings. The predicted molar refractivity (Wildman–Crippen MR) is 80.1 cm³/mol. The van der Waals surface area contributed by atoms with Crippen molar-refractivity contribution in [2.75, 3.05) is 11.4 Å². The molecule has 1 N–H and O–H groups in total. The molecule has 3 rings (SSSR count). The molecule has 2 heterocycles. The number of para-hydroxylation sites is 1. The maximum absolute atomic E-state index is 11.2. The molecule has 5 heteroatoms. The van der Waals surface area contributed by atoms with Crippen molar-refractivity contribution in [2.45, 2.75) is 20.3 Å². The van der Waals surface area contributed by atoms with E-state index in [-0.39, 0.29) is 0 Å². The lowest BCUT2D eigenvalue weighted by Crippen LogP contribution is -2.30. The first-order chi connectivity index (χ1) is 9.56. The third-order valence-electron chi connectivity index (χ3n) is 3.56. The van der Waals surface area contributed by atoms with Crippen LogP contribution in [0.2, 0.25) is 0 Å². The second-order valence-corrected chi connectivity index (χ2v) is 6.24. The van der Waals surface area contributed by atoms with E-state index in [1.165, 1.54) is 16.9 Å². The normalized spacial score (nSPS) is 17.9. The average Bonchev–Trinajstić information content (AvgIpc) is 2.80. The molecule has 1 aliphatic heterocycles. The number of benzene rings is 1. The lowest BCUT2D eigenvalue weighted by atomic mass is 9.94. The van der Waals surface area contributed by atoms with Crippen molar-refractivity contribution in [1.82, 2.24) is 4.98 Å². The Balaban J connectivity index is 2.06. The molecule has 0 bridgehead atoms. The van der Waals surface area contributed by atoms with Crippen LogP contribution in [-0.4, -0.2) is 22.6 Å². The van der Waals surface area contributed by atoms with E-state index >= 15 is 0 Å². The summed E-state index contributed by atoms with van der Waals surface area (Å²) in [5.41, 5.74) is 3.04. The number of thiazole rings is 1. The van der Waals surface area contributed by atoms with Gasteiger partial charge in [-0.15, -0.1) is 0 Å². The highest BCUT2D eigenvalue weighted by Gasteiger charge is 2.26. The number of nitrogens with zero attached hydrogens (tertiary/aromatic N) is 2. The van der Waals surface area contributed by atoms with Crippen molar-refractivity contribution in [1.29, 1.82) is 0 Å². The Morgan fingerprint density at radius 2 is 2.20 bits per heavy atom. The smallest absolute Gasteiger partial charge is 0.347 e. The van der Waals surface area contributed by atoms with Gasteiger partial charge in [-0.05, 0) is 30.9 Å². The number of rotatable bonds is 2. The number of aromatic nitrogens is 1. The third-order valence-corrected chi connectivity index (χ3v) is 4.72. The van der Waals surface area contributed by atoms with Crippen molar-refractivity contribution < 1.29 is 9.90 Å². The van der Waals surface area contributed by atoms with Crippen LogP contribution in [0.5, 0.6) is 0 Å². The molecule has 0 saturated carbocycles. The lowest BCUT2D eigenvalue weighted by molar-refractivity contribution is 0.0701. The largest absolute Gasteiger partial charge is 0.477 e. The number of hydrogen-bond donors (Lipinski definition) is 1. The highest BCUT2D eigenvalue weighted by molar-refractivity contribution is 7.17. The molecule has 0 amide bonds. The Morgan fingerprint density at radius 1 is 1.45 bits per heavy atom. The van der Waals surface area contributed by atoms with Crippen LogP contribution in [0.1, 0.15) is 27.9 Å². The fourth-order valence-corrected chi connectivity index (χ4v) is 3.60. The van der Waals surface area contributed by atoms with Gasteiger partial charge in [-0.3, -0.25) is 0 Å². The highest BCUT2D eigenvalue weighted by atomic mass is 32.1. The maximum atomic E-state index is 11.2. The molecule has 1 atom stereocenters. The molecule has 20 heavy (non-hydrogen) atoms. The van der Waals surface area contributed by atoms with Gasteiger partial charge in [0.1, 0.15) is 4.88 Å². The first-order valence-electron chi connectivity index (χ1n) is 6.62. The van der Waals surface area contributed by atoms with E-state index in [9.17, 15) is 9.90 Å². The fraction of sp³-hybridized carbons (Fsp3) is 0.333. The topological polar surface area (TPSA) is 53.4 Å². The molecule has 0 saturated heterocycles. The monoisotopic (exact) mass is 288 g/mol. The summed E-state index contributed by atoms with van der Waals surface area (Å²) >= 11 is 1.26. The molecule has 104 valence electrons. The summed E-state index contributed by atoms with van der Waals surface area (Å²) in [7, 11) is 0. The molecule has 0 fully saturated rings. The average molecular weight is 288 g/mol. The van der Waals surface area contributed by atoms with E-state index < -0.39 is 5.97 Å². The number of carboxylic acids is 1. The van der Waals surface area contributed by atoms with Crippen molar-refractivity contribution in [3.63, 3.8) is 0 Å². The molecule has 0 radical (unpaired) electrons. The summed E-state index contributed by atoms with van der Waals surface area (Å²) in [6.45, 7) is 4.84. The van der Waals surface area contributed by atoms with Crippen LogP contribution >= 0.6 is 11.3 Å². The highest BCUT2D eigenvalue weighted by Crippen LogP contribution is 2.38. The Bertz CT molecular complexity index is 666. The van der Waals surface area contributed by atoms with E-state index in [4.69, 9.17) is 0 Å².